The van der Waals surface area contributed by atoms with Crippen molar-refractivity contribution in [3.8, 4) is 11.8 Å². The number of fused-ring (bicyclic) bond motifs is 1. The van der Waals surface area contributed by atoms with Gasteiger partial charge in [-0.05, 0) is 65.9 Å². The quantitative estimate of drug-likeness (QED) is 0.278. The highest BCUT2D eigenvalue weighted by Gasteiger charge is 2.42. The van der Waals surface area contributed by atoms with Crippen LogP contribution in [0.15, 0.2) is 66.9 Å². The van der Waals surface area contributed by atoms with Crippen LogP contribution in [0.5, 0.6) is 5.75 Å². The van der Waals surface area contributed by atoms with Crippen LogP contribution >= 0.6 is 0 Å². The van der Waals surface area contributed by atoms with E-state index in [-0.39, 0.29) is 30.8 Å². The van der Waals surface area contributed by atoms with Gasteiger partial charge in [0, 0.05) is 5.39 Å². The normalized spacial score (nSPS) is 11.8. The highest BCUT2D eigenvalue weighted by Crippen LogP contribution is 2.32. The summed E-state index contributed by atoms with van der Waals surface area (Å²) < 4.78 is 83.5. The molecule has 0 saturated heterocycles. The van der Waals surface area contributed by atoms with E-state index < -0.39 is 23.9 Å². The fraction of sp³-hybridized carbons (Fsp3) is 0.214. The molecule has 4 aromatic rings. The molecule has 0 aliphatic heterocycles. The fourth-order valence-electron chi connectivity index (χ4n) is 4.23. The maximum absolute atomic E-state index is 12.9. The van der Waals surface area contributed by atoms with E-state index in [4.69, 9.17) is 10.5 Å². The average molecular weight is 561 g/mol. The number of nitrogens with zero attached hydrogens (tertiary/aromatic N) is 2. The van der Waals surface area contributed by atoms with Crippen LogP contribution in [0.25, 0.3) is 10.9 Å². The number of rotatable bonds is 8. The summed E-state index contributed by atoms with van der Waals surface area (Å²) in [6.45, 7) is 0.101. The Morgan fingerprint density at radius 1 is 0.950 bits per heavy atom. The van der Waals surface area contributed by atoms with Gasteiger partial charge in [-0.15, -0.1) is 0 Å². The van der Waals surface area contributed by atoms with Gasteiger partial charge in [0.15, 0.2) is 0 Å². The fourth-order valence-corrected chi connectivity index (χ4v) is 4.23. The van der Waals surface area contributed by atoms with Crippen molar-refractivity contribution < 1.29 is 40.7 Å². The molecule has 0 amide bonds. The number of ether oxygens (including phenoxy) is 1. The summed E-state index contributed by atoms with van der Waals surface area (Å²) in [5.41, 5.74) is 7.82. The smallest absolute Gasteiger partial charge is 0.487 e. The number of alkyl halides is 6. The lowest BCUT2D eigenvalue weighted by Crippen LogP contribution is -2.32. The minimum atomic E-state index is -5.20. The Balaban J connectivity index is 1.61. The number of carbonyl (C=O) groups is 1. The van der Waals surface area contributed by atoms with Crippen LogP contribution in [0.1, 0.15) is 33.4 Å². The van der Waals surface area contributed by atoms with Crippen LogP contribution < -0.4 is 15.3 Å². The van der Waals surface area contributed by atoms with Crippen LogP contribution in [0.4, 0.5) is 26.3 Å². The summed E-state index contributed by atoms with van der Waals surface area (Å²) >= 11 is 0. The van der Waals surface area contributed by atoms with Gasteiger partial charge in [-0.2, -0.15) is 36.3 Å². The summed E-state index contributed by atoms with van der Waals surface area (Å²) in [4.78, 5) is 15.8. The van der Waals surface area contributed by atoms with Crippen LogP contribution in [-0.2, 0) is 30.4 Å². The lowest BCUT2D eigenvalue weighted by atomic mass is 9.91. The van der Waals surface area contributed by atoms with E-state index in [1.807, 2.05) is 0 Å². The molecular formula is C28H21F6N3O3. The molecule has 0 bridgehead atoms. The number of hydrogen-bond donors (Lipinski definition) is 1. The van der Waals surface area contributed by atoms with Crippen LogP contribution in [0.3, 0.4) is 0 Å². The first-order valence-electron chi connectivity index (χ1n) is 11.8. The molecule has 40 heavy (non-hydrogen) atoms. The summed E-state index contributed by atoms with van der Waals surface area (Å²) in [6, 6.07) is 16.4. The van der Waals surface area contributed by atoms with E-state index in [0.717, 1.165) is 18.3 Å². The second-order valence-corrected chi connectivity index (χ2v) is 8.76. The number of aromatic nitrogens is 1. The lowest BCUT2D eigenvalue weighted by Gasteiger charge is -2.16. The largest absolute Gasteiger partial charge is 0.493 e. The predicted molar refractivity (Wildman–Crippen MR) is 132 cm³/mol. The third-order valence-corrected chi connectivity index (χ3v) is 6.12. The number of para-hydroxylation sites is 1. The van der Waals surface area contributed by atoms with Crippen molar-refractivity contribution in [2.45, 2.75) is 31.8 Å². The minimum Gasteiger partial charge on any atom is -0.487 e. The molecule has 0 spiro atoms. The number of benzene rings is 3. The van der Waals surface area contributed by atoms with Gasteiger partial charge in [-0.1, -0.05) is 36.4 Å². The second kappa shape index (κ2) is 11.3. The van der Waals surface area contributed by atoms with Crippen molar-refractivity contribution in [2.75, 3.05) is 6.54 Å². The monoisotopic (exact) mass is 561 g/mol. The Kier molecular flexibility index (Phi) is 8.06. The van der Waals surface area contributed by atoms with E-state index in [2.05, 4.69) is 10.9 Å². The zero-order chi connectivity index (χ0) is 29.1. The van der Waals surface area contributed by atoms with Crippen LogP contribution in [-0.4, -0.2) is 23.4 Å². The number of carbonyl (C=O) groups excluding carboxylic acids is 1. The Morgan fingerprint density at radius 3 is 2.25 bits per heavy atom. The molecule has 4 rings (SSSR count). The molecule has 1 aromatic heterocycles. The molecular weight excluding hydrogens is 540 g/mol. The standard InChI is InChI=1S/C28H21F6N3O3/c29-27(30,31)20-9-5-17(6-10-20)13-18-7-8-19(21(11-12-35)23(18)14-36)16-39-25-15-37(40-26(38)28(32,33)34)24-4-2-1-3-22(24)25/h1-10,15H,11-13,16,35H2. The van der Waals surface area contributed by atoms with E-state index in [1.54, 1.807) is 30.3 Å². The molecule has 12 heteroatoms. The molecule has 0 saturated carbocycles. The number of nitrogens with two attached hydrogens (primary N) is 1. The first kappa shape index (κ1) is 28.5. The Hall–Kier alpha value is -4.50. The zero-order valence-electron chi connectivity index (χ0n) is 20.6. The van der Waals surface area contributed by atoms with Gasteiger partial charge in [-0.3, -0.25) is 0 Å². The van der Waals surface area contributed by atoms with Gasteiger partial charge >= 0.3 is 18.3 Å². The number of nitriles is 1. The summed E-state index contributed by atoms with van der Waals surface area (Å²) in [6.07, 6.45) is -8.04. The van der Waals surface area contributed by atoms with Crippen molar-refractivity contribution >= 4 is 16.9 Å². The van der Waals surface area contributed by atoms with Gasteiger partial charge in [0.05, 0.1) is 28.9 Å². The van der Waals surface area contributed by atoms with Gasteiger partial charge in [0.1, 0.15) is 12.4 Å². The first-order chi connectivity index (χ1) is 18.9. The van der Waals surface area contributed by atoms with Crippen LogP contribution in [0, 0.1) is 11.3 Å². The predicted octanol–water partition coefficient (Wildman–Crippen LogP) is 5.72. The molecule has 208 valence electrons. The van der Waals surface area contributed by atoms with Crippen molar-refractivity contribution in [1.29, 1.82) is 5.26 Å². The van der Waals surface area contributed by atoms with E-state index >= 15 is 0 Å². The average Bonchev–Trinajstić information content (AvgIpc) is 3.25. The molecule has 3 aromatic carbocycles. The molecule has 0 fully saturated rings. The third-order valence-electron chi connectivity index (χ3n) is 6.12. The molecule has 0 aliphatic rings. The number of hydrogen-bond acceptors (Lipinski definition) is 5. The highest BCUT2D eigenvalue weighted by atomic mass is 19.4. The zero-order valence-corrected chi connectivity index (χ0v) is 20.6. The van der Waals surface area contributed by atoms with Crippen molar-refractivity contribution in [1.82, 2.24) is 4.73 Å². The maximum Gasteiger partial charge on any atom is 0.493 e. The van der Waals surface area contributed by atoms with Gasteiger partial charge < -0.3 is 15.3 Å². The van der Waals surface area contributed by atoms with E-state index in [0.29, 0.717) is 44.4 Å². The molecule has 1 heterocycles. The Bertz CT molecular complexity index is 1570. The van der Waals surface area contributed by atoms with E-state index in [1.165, 1.54) is 18.2 Å². The Morgan fingerprint density at radius 2 is 1.62 bits per heavy atom. The second-order valence-electron chi connectivity index (χ2n) is 8.76. The van der Waals surface area contributed by atoms with E-state index in [9.17, 15) is 36.4 Å². The van der Waals surface area contributed by atoms with Gasteiger partial charge in [0.25, 0.3) is 0 Å². The topological polar surface area (TPSA) is 90.3 Å². The van der Waals surface area contributed by atoms with Gasteiger partial charge in [0.2, 0.25) is 0 Å². The molecule has 2 N–H and O–H groups in total. The molecule has 0 atom stereocenters. The SMILES string of the molecule is N#Cc1c(Cc2ccc(C(F)(F)F)cc2)ccc(COc2cn(OC(=O)C(F)(F)F)c3ccccc23)c1CCN. The minimum absolute atomic E-state index is 0.0915. The van der Waals surface area contributed by atoms with Gasteiger partial charge in [-0.25, -0.2) is 4.79 Å². The summed E-state index contributed by atoms with van der Waals surface area (Å²) in [7, 11) is 0. The maximum atomic E-state index is 12.9. The molecule has 0 unspecified atom stereocenters. The molecule has 0 radical (unpaired) electrons. The molecule has 6 nitrogen and oxygen atoms in total. The summed E-state index contributed by atoms with van der Waals surface area (Å²) in [5, 5.41) is 10.3. The third kappa shape index (κ3) is 6.21. The lowest BCUT2D eigenvalue weighted by molar-refractivity contribution is -0.199. The van der Waals surface area contributed by atoms with Crippen LogP contribution in [0.2, 0.25) is 0 Å². The summed E-state index contributed by atoms with van der Waals surface area (Å²) in [5.74, 6) is -2.26. The number of halogens is 6. The first-order valence-corrected chi connectivity index (χ1v) is 11.8. The van der Waals surface area contributed by atoms with Crippen molar-refractivity contribution in [3.05, 3.63) is 100 Å². The highest BCUT2D eigenvalue weighted by molar-refractivity contribution is 5.87. The van der Waals surface area contributed by atoms with Crippen molar-refractivity contribution in [2.24, 2.45) is 5.73 Å². The van der Waals surface area contributed by atoms with Crippen molar-refractivity contribution in [3.63, 3.8) is 0 Å². The molecule has 0 aliphatic carbocycles. The Labute approximate surface area is 224 Å².